The molecule has 2 aromatic carbocycles. The number of nitrogens with one attached hydrogen (secondary N) is 1. The van der Waals surface area contributed by atoms with Crippen LogP contribution in [-0.2, 0) is 11.2 Å². The molecule has 0 saturated heterocycles. The van der Waals surface area contributed by atoms with Gasteiger partial charge in [-0.2, -0.15) is 0 Å². The molecule has 0 aliphatic rings. The Hall–Kier alpha value is -1.88. The maximum absolute atomic E-state index is 12.0. The number of amides is 1. The molecule has 24 heavy (non-hydrogen) atoms. The van der Waals surface area contributed by atoms with Gasteiger partial charge in [0.25, 0.3) is 0 Å². The van der Waals surface area contributed by atoms with E-state index in [0.717, 1.165) is 21.2 Å². The summed E-state index contributed by atoms with van der Waals surface area (Å²) in [6.45, 7) is 0.217. The lowest BCUT2D eigenvalue weighted by molar-refractivity contribution is -0.121. The van der Waals surface area contributed by atoms with Crippen LogP contribution >= 0.6 is 22.9 Å². The Kier molecular flexibility index (Phi) is 5.51. The van der Waals surface area contributed by atoms with E-state index in [-0.39, 0.29) is 12.5 Å². The fourth-order valence-electron chi connectivity index (χ4n) is 2.62. The standard InChI is InChI=1S/C19H18ClNO2S/c20-14-5-3-4-13(10-14)8-9-19(23)21-11-17(22)16-12-24-18-7-2-1-6-15(16)18/h1-7,10,12,17,22H,8-9,11H2,(H,21,23). The lowest BCUT2D eigenvalue weighted by Crippen LogP contribution is -2.28. The molecule has 1 unspecified atom stereocenters. The quantitative estimate of drug-likeness (QED) is 0.688. The second kappa shape index (κ2) is 7.79. The first-order chi connectivity index (χ1) is 11.6. The Labute approximate surface area is 149 Å². The number of carbonyl (C=O) groups is 1. The van der Waals surface area contributed by atoms with Gasteiger partial charge in [-0.25, -0.2) is 0 Å². The van der Waals surface area contributed by atoms with Crippen molar-refractivity contribution in [1.29, 1.82) is 0 Å². The van der Waals surface area contributed by atoms with E-state index >= 15 is 0 Å². The van der Waals surface area contributed by atoms with E-state index in [1.807, 2.05) is 53.9 Å². The topological polar surface area (TPSA) is 49.3 Å². The van der Waals surface area contributed by atoms with Crippen molar-refractivity contribution in [3.63, 3.8) is 0 Å². The van der Waals surface area contributed by atoms with Crippen molar-refractivity contribution in [3.05, 3.63) is 70.1 Å². The van der Waals surface area contributed by atoms with Gasteiger partial charge >= 0.3 is 0 Å². The lowest BCUT2D eigenvalue weighted by atomic mass is 10.1. The van der Waals surface area contributed by atoms with Gasteiger partial charge in [0, 0.05) is 28.3 Å². The zero-order valence-electron chi connectivity index (χ0n) is 13.0. The minimum Gasteiger partial charge on any atom is -0.387 e. The molecule has 5 heteroatoms. The molecule has 1 heterocycles. The molecule has 2 N–H and O–H groups in total. The van der Waals surface area contributed by atoms with Crippen LogP contribution in [0.25, 0.3) is 10.1 Å². The highest BCUT2D eigenvalue weighted by Crippen LogP contribution is 2.29. The number of hydrogen-bond acceptors (Lipinski definition) is 3. The van der Waals surface area contributed by atoms with Crippen molar-refractivity contribution in [2.24, 2.45) is 0 Å². The summed E-state index contributed by atoms with van der Waals surface area (Å²) in [6, 6.07) is 15.5. The first kappa shape index (κ1) is 17.0. The van der Waals surface area contributed by atoms with Crippen LogP contribution in [0.5, 0.6) is 0 Å². The number of benzene rings is 2. The summed E-state index contributed by atoms with van der Waals surface area (Å²) in [5, 5.41) is 16.8. The zero-order chi connectivity index (χ0) is 16.9. The largest absolute Gasteiger partial charge is 0.387 e. The summed E-state index contributed by atoms with van der Waals surface area (Å²) in [6.07, 6.45) is 0.303. The summed E-state index contributed by atoms with van der Waals surface area (Å²) in [5.74, 6) is -0.0754. The Morgan fingerprint density at radius 1 is 1.21 bits per heavy atom. The molecule has 0 fully saturated rings. The highest BCUT2D eigenvalue weighted by molar-refractivity contribution is 7.17. The molecule has 1 amide bonds. The number of aryl methyl sites for hydroxylation is 1. The first-order valence-corrected chi connectivity index (χ1v) is 9.04. The van der Waals surface area contributed by atoms with Crippen LogP contribution < -0.4 is 5.32 Å². The average Bonchev–Trinajstić information content (AvgIpc) is 3.02. The number of thiophene rings is 1. The highest BCUT2D eigenvalue weighted by atomic mass is 35.5. The molecule has 0 spiro atoms. The van der Waals surface area contributed by atoms with Gasteiger partial charge in [-0.15, -0.1) is 11.3 Å². The molecule has 3 rings (SSSR count). The molecule has 124 valence electrons. The number of aliphatic hydroxyl groups is 1. The van der Waals surface area contributed by atoms with E-state index in [1.54, 1.807) is 11.3 Å². The van der Waals surface area contributed by atoms with E-state index in [9.17, 15) is 9.90 Å². The second-order valence-electron chi connectivity index (χ2n) is 5.64. The lowest BCUT2D eigenvalue weighted by Gasteiger charge is -2.11. The SMILES string of the molecule is O=C(CCc1cccc(Cl)c1)NCC(O)c1csc2ccccc12. The highest BCUT2D eigenvalue weighted by Gasteiger charge is 2.14. The predicted molar refractivity (Wildman–Crippen MR) is 99.6 cm³/mol. The van der Waals surface area contributed by atoms with Gasteiger partial charge in [0.15, 0.2) is 0 Å². The van der Waals surface area contributed by atoms with Gasteiger partial charge in [0.1, 0.15) is 0 Å². The molecule has 0 saturated carbocycles. The third kappa shape index (κ3) is 4.15. The van der Waals surface area contributed by atoms with Gasteiger partial charge in [0.05, 0.1) is 6.10 Å². The van der Waals surface area contributed by atoms with Crippen LogP contribution in [0.1, 0.15) is 23.7 Å². The van der Waals surface area contributed by atoms with Crippen LogP contribution in [0.2, 0.25) is 5.02 Å². The Morgan fingerprint density at radius 2 is 2.04 bits per heavy atom. The molecular weight excluding hydrogens is 342 g/mol. The molecule has 0 radical (unpaired) electrons. The van der Waals surface area contributed by atoms with Crippen LogP contribution in [0.3, 0.4) is 0 Å². The maximum Gasteiger partial charge on any atom is 0.220 e. The molecule has 1 aromatic heterocycles. The normalized spacial score (nSPS) is 12.2. The van der Waals surface area contributed by atoms with Crippen molar-refractivity contribution in [2.45, 2.75) is 18.9 Å². The van der Waals surface area contributed by atoms with Crippen LogP contribution in [0.15, 0.2) is 53.9 Å². The Balaban J connectivity index is 1.52. The van der Waals surface area contributed by atoms with Gasteiger partial charge in [-0.05, 0) is 40.9 Å². The van der Waals surface area contributed by atoms with Gasteiger partial charge in [-0.1, -0.05) is 41.9 Å². The molecule has 3 nitrogen and oxygen atoms in total. The number of hydrogen-bond donors (Lipinski definition) is 2. The minimum absolute atomic E-state index is 0.0754. The molecular formula is C19H18ClNO2S. The van der Waals surface area contributed by atoms with Gasteiger partial charge < -0.3 is 10.4 Å². The molecule has 3 aromatic rings. The Bertz CT molecular complexity index is 846. The molecule has 0 aliphatic carbocycles. The zero-order valence-corrected chi connectivity index (χ0v) is 14.6. The number of carbonyl (C=O) groups excluding carboxylic acids is 1. The van der Waals surface area contributed by atoms with Gasteiger partial charge in [0.2, 0.25) is 5.91 Å². The van der Waals surface area contributed by atoms with E-state index in [4.69, 9.17) is 11.6 Å². The predicted octanol–water partition coefficient (Wildman–Crippen LogP) is 4.34. The maximum atomic E-state index is 12.0. The summed E-state index contributed by atoms with van der Waals surface area (Å²) in [4.78, 5) is 12.0. The summed E-state index contributed by atoms with van der Waals surface area (Å²) < 4.78 is 1.14. The summed E-state index contributed by atoms with van der Waals surface area (Å²) >= 11 is 7.54. The van der Waals surface area contributed by atoms with Crippen molar-refractivity contribution in [2.75, 3.05) is 6.54 Å². The fraction of sp³-hybridized carbons (Fsp3) is 0.211. The third-order valence-electron chi connectivity index (χ3n) is 3.89. The van der Waals surface area contributed by atoms with E-state index < -0.39 is 6.10 Å². The molecule has 0 bridgehead atoms. The number of halogens is 1. The third-order valence-corrected chi connectivity index (χ3v) is 5.11. The number of rotatable bonds is 6. The number of aliphatic hydroxyl groups excluding tert-OH is 1. The van der Waals surface area contributed by atoms with E-state index in [0.29, 0.717) is 17.9 Å². The van der Waals surface area contributed by atoms with E-state index in [2.05, 4.69) is 5.32 Å². The van der Waals surface area contributed by atoms with Crippen LogP contribution in [0, 0.1) is 0 Å². The fourth-order valence-corrected chi connectivity index (χ4v) is 3.84. The minimum atomic E-state index is -0.698. The molecule has 0 aliphatic heterocycles. The summed E-state index contributed by atoms with van der Waals surface area (Å²) in [7, 11) is 0. The average molecular weight is 360 g/mol. The van der Waals surface area contributed by atoms with Crippen molar-refractivity contribution in [1.82, 2.24) is 5.32 Å². The van der Waals surface area contributed by atoms with E-state index in [1.165, 1.54) is 0 Å². The van der Waals surface area contributed by atoms with Crippen LogP contribution in [-0.4, -0.2) is 17.6 Å². The Morgan fingerprint density at radius 3 is 2.88 bits per heavy atom. The first-order valence-electron chi connectivity index (χ1n) is 7.79. The number of fused-ring (bicyclic) bond motifs is 1. The van der Waals surface area contributed by atoms with Crippen molar-refractivity contribution in [3.8, 4) is 0 Å². The van der Waals surface area contributed by atoms with Crippen molar-refractivity contribution < 1.29 is 9.90 Å². The second-order valence-corrected chi connectivity index (χ2v) is 6.98. The van der Waals surface area contributed by atoms with Gasteiger partial charge in [-0.3, -0.25) is 4.79 Å². The molecule has 1 atom stereocenters. The summed E-state index contributed by atoms with van der Waals surface area (Å²) in [5.41, 5.74) is 1.90. The monoisotopic (exact) mass is 359 g/mol. The van der Waals surface area contributed by atoms with Crippen molar-refractivity contribution >= 4 is 38.9 Å². The smallest absolute Gasteiger partial charge is 0.220 e. The van der Waals surface area contributed by atoms with Crippen LogP contribution in [0.4, 0.5) is 0 Å².